The summed E-state index contributed by atoms with van der Waals surface area (Å²) in [5.41, 5.74) is 5.53. The van der Waals surface area contributed by atoms with Crippen molar-refractivity contribution in [3.05, 3.63) is 0 Å². The molecule has 0 spiro atoms. The van der Waals surface area contributed by atoms with Gasteiger partial charge in [-0.2, -0.15) is 0 Å². The number of nitrogens with two attached hydrogens (primary N) is 1. The molecular formula is C12H22N2OS. The summed E-state index contributed by atoms with van der Waals surface area (Å²) in [4.78, 5) is 14.5. The molecule has 0 radical (unpaired) electrons. The van der Waals surface area contributed by atoms with E-state index in [1.165, 1.54) is 12.8 Å². The zero-order valence-electron chi connectivity index (χ0n) is 10.2. The number of nitrogens with zero attached hydrogens (tertiary/aromatic N) is 1. The van der Waals surface area contributed by atoms with Crippen LogP contribution in [0.2, 0.25) is 0 Å². The SMILES string of the molecule is CCCN(CC(N)=S)C(=O)C1CCCC1C. The number of hydrogen-bond donors (Lipinski definition) is 1. The lowest BCUT2D eigenvalue weighted by Gasteiger charge is -2.26. The maximum absolute atomic E-state index is 12.3. The highest BCUT2D eigenvalue weighted by atomic mass is 32.1. The molecule has 0 bridgehead atoms. The molecule has 2 N–H and O–H groups in total. The van der Waals surface area contributed by atoms with E-state index in [9.17, 15) is 4.79 Å². The highest BCUT2D eigenvalue weighted by Crippen LogP contribution is 2.32. The predicted molar refractivity (Wildman–Crippen MR) is 70.2 cm³/mol. The topological polar surface area (TPSA) is 46.3 Å². The average Bonchev–Trinajstić information content (AvgIpc) is 2.62. The summed E-state index contributed by atoms with van der Waals surface area (Å²) in [7, 11) is 0. The Morgan fingerprint density at radius 2 is 2.19 bits per heavy atom. The van der Waals surface area contributed by atoms with Crippen molar-refractivity contribution in [2.45, 2.75) is 39.5 Å². The Kier molecular flexibility index (Phi) is 5.19. The van der Waals surface area contributed by atoms with Crippen molar-refractivity contribution < 1.29 is 4.79 Å². The van der Waals surface area contributed by atoms with Crippen molar-refractivity contribution in [1.82, 2.24) is 4.90 Å². The summed E-state index contributed by atoms with van der Waals surface area (Å²) in [5, 5.41) is 0. The first kappa shape index (κ1) is 13.4. The van der Waals surface area contributed by atoms with Crippen LogP contribution in [0, 0.1) is 11.8 Å². The van der Waals surface area contributed by atoms with E-state index in [1.807, 2.05) is 4.90 Å². The van der Waals surface area contributed by atoms with E-state index in [4.69, 9.17) is 18.0 Å². The second kappa shape index (κ2) is 6.18. The van der Waals surface area contributed by atoms with E-state index in [2.05, 4.69) is 13.8 Å². The first-order valence-corrected chi connectivity index (χ1v) is 6.54. The lowest BCUT2D eigenvalue weighted by atomic mass is 9.96. The fourth-order valence-corrected chi connectivity index (χ4v) is 2.63. The Balaban J connectivity index is 2.62. The van der Waals surface area contributed by atoms with Gasteiger partial charge in [0.2, 0.25) is 5.91 Å². The molecule has 0 aromatic rings. The van der Waals surface area contributed by atoms with Crippen LogP contribution in [0.3, 0.4) is 0 Å². The highest BCUT2D eigenvalue weighted by Gasteiger charge is 2.32. The Bertz CT molecular complexity index is 268. The van der Waals surface area contributed by atoms with Crippen LogP contribution >= 0.6 is 12.2 Å². The fourth-order valence-electron chi connectivity index (χ4n) is 2.47. The molecule has 0 saturated heterocycles. The number of carbonyl (C=O) groups excluding carboxylic acids is 1. The summed E-state index contributed by atoms with van der Waals surface area (Å²) < 4.78 is 0. The minimum Gasteiger partial charge on any atom is -0.392 e. The van der Waals surface area contributed by atoms with Gasteiger partial charge in [0.15, 0.2) is 0 Å². The number of thiocarbonyl (C=S) groups is 1. The fraction of sp³-hybridized carbons (Fsp3) is 0.833. The zero-order valence-corrected chi connectivity index (χ0v) is 11.1. The third-order valence-electron chi connectivity index (χ3n) is 3.33. The molecule has 0 aromatic heterocycles. The summed E-state index contributed by atoms with van der Waals surface area (Å²) >= 11 is 4.89. The first-order valence-electron chi connectivity index (χ1n) is 6.13. The quantitative estimate of drug-likeness (QED) is 0.750. The van der Waals surface area contributed by atoms with Gasteiger partial charge >= 0.3 is 0 Å². The molecule has 1 saturated carbocycles. The zero-order chi connectivity index (χ0) is 12.1. The Morgan fingerprint density at radius 1 is 1.50 bits per heavy atom. The normalized spacial score (nSPS) is 24.4. The van der Waals surface area contributed by atoms with Crippen molar-refractivity contribution >= 4 is 23.1 Å². The Hall–Kier alpha value is -0.640. The molecule has 2 unspecified atom stereocenters. The number of amides is 1. The van der Waals surface area contributed by atoms with E-state index in [-0.39, 0.29) is 11.8 Å². The van der Waals surface area contributed by atoms with Gasteiger partial charge in [0.05, 0.1) is 11.5 Å². The molecule has 16 heavy (non-hydrogen) atoms. The van der Waals surface area contributed by atoms with Gasteiger partial charge in [-0.3, -0.25) is 4.79 Å². The van der Waals surface area contributed by atoms with Crippen molar-refractivity contribution in [3.8, 4) is 0 Å². The van der Waals surface area contributed by atoms with Gasteiger partial charge in [0, 0.05) is 12.5 Å². The van der Waals surface area contributed by atoms with Crippen LogP contribution in [-0.4, -0.2) is 28.9 Å². The van der Waals surface area contributed by atoms with E-state index in [1.54, 1.807) is 0 Å². The van der Waals surface area contributed by atoms with E-state index >= 15 is 0 Å². The Morgan fingerprint density at radius 3 is 2.62 bits per heavy atom. The average molecular weight is 242 g/mol. The van der Waals surface area contributed by atoms with Crippen LogP contribution in [0.25, 0.3) is 0 Å². The number of carbonyl (C=O) groups is 1. The molecule has 0 heterocycles. The molecular weight excluding hydrogens is 220 g/mol. The first-order chi connectivity index (χ1) is 7.56. The van der Waals surface area contributed by atoms with E-state index in [0.717, 1.165) is 19.4 Å². The molecule has 1 rings (SSSR count). The molecule has 0 aliphatic heterocycles. The van der Waals surface area contributed by atoms with Gasteiger partial charge in [0.1, 0.15) is 0 Å². The maximum atomic E-state index is 12.3. The van der Waals surface area contributed by atoms with E-state index < -0.39 is 0 Å². The van der Waals surface area contributed by atoms with Crippen LogP contribution in [0.1, 0.15) is 39.5 Å². The van der Waals surface area contributed by atoms with Gasteiger partial charge in [-0.15, -0.1) is 0 Å². The Labute approximate surface area is 103 Å². The van der Waals surface area contributed by atoms with Crippen LogP contribution < -0.4 is 5.73 Å². The van der Waals surface area contributed by atoms with Crippen molar-refractivity contribution in [1.29, 1.82) is 0 Å². The number of hydrogen-bond acceptors (Lipinski definition) is 2. The van der Waals surface area contributed by atoms with Gasteiger partial charge in [-0.25, -0.2) is 0 Å². The largest absolute Gasteiger partial charge is 0.392 e. The molecule has 2 atom stereocenters. The standard InChI is InChI=1S/C12H22N2OS/c1-3-7-14(8-11(13)16)12(15)10-6-4-5-9(10)2/h9-10H,3-8H2,1-2H3,(H2,13,16). The third-order valence-corrected chi connectivity index (χ3v) is 3.46. The second-order valence-corrected chi connectivity index (χ2v) is 5.27. The maximum Gasteiger partial charge on any atom is 0.226 e. The number of rotatable bonds is 5. The van der Waals surface area contributed by atoms with Crippen LogP contribution in [0.4, 0.5) is 0 Å². The minimum absolute atomic E-state index is 0.195. The van der Waals surface area contributed by atoms with Gasteiger partial charge < -0.3 is 10.6 Å². The molecule has 4 heteroatoms. The molecule has 1 aliphatic carbocycles. The third kappa shape index (κ3) is 3.44. The summed E-state index contributed by atoms with van der Waals surface area (Å²) in [6.07, 6.45) is 4.32. The molecule has 92 valence electrons. The smallest absolute Gasteiger partial charge is 0.226 e. The van der Waals surface area contributed by atoms with Gasteiger partial charge in [-0.05, 0) is 25.2 Å². The van der Waals surface area contributed by atoms with Crippen LogP contribution in [0.5, 0.6) is 0 Å². The summed E-state index contributed by atoms with van der Waals surface area (Å²) in [6, 6.07) is 0. The lowest BCUT2D eigenvalue weighted by Crippen LogP contribution is -2.42. The summed E-state index contributed by atoms with van der Waals surface area (Å²) in [6.45, 7) is 5.43. The predicted octanol–water partition coefficient (Wildman–Crippen LogP) is 1.95. The van der Waals surface area contributed by atoms with Gasteiger partial charge in [-0.1, -0.05) is 32.5 Å². The second-order valence-electron chi connectivity index (χ2n) is 4.74. The molecule has 1 amide bonds. The van der Waals surface area contributed by atoms with Crippen LogP contribution in [-0.2, 0) is 4.79 Å². The van der Waals surface area contributed by atoms with Crippen LogP contribution in [0.15, 0.2) is 0 Å². The molecule has 1 fully saturated rings. The summed E-state index contributed by atoms with van der Waals surface area (Å²) in [5.74, 6) is 0.957. The molecule has 3 nitrogen and oxygen atoms in total. The van der Waals surface area contributed by atoms with E-state index in [0.29, 0.717) is 17.5 Å². The molecule has 1 aliphatic rings. The lowest BCUT2D eigenvalue weighted by molar-refractivity contribution is -0.135. The van der Waals surface area contributed by atoms with Crippen molar-refractivity contribution in [2.75, 3.05) is 13.1 Å². The van der Waals surface area contributed by atoms with Gasteiger partial charge in [0.25, 0.3) is 0 Å². The highest BCUT2D eigenvalue weighted by molar-refractivity contribution is 7.80. The monoisotopic (exact) mass is 242 g/mol. The minimum atomic E-state index is 0.195. The van der Waals surface area contributed by atoms with Crippen molar-refractivity contribution in [3.63, 3.8) is 0 Å². The molecule has 0 aromatic carbocycles. The van der Waals surface area contributed by atoms with Crippen molar-refractivity contribution in [2.24, 2.45) is 17.6 Å².